The number of imidazole rings is 1. The smallest absolute Gasteiger partial charge is 0.242 e. The molecule has 12 heteroatoms. The van der Waals surface area contributed by atoms with E-state index in [1.807, 2.05) is 29.8 Å². The van der Waals surface area contributed by atoms with Crippen LogP contribution in [0.15, 0.2) is 65.6 Å². The van der Waals surface area contributed by atoms with Gasteiger partial charge < -0.3 is 4.98 Å². The van der Waals surface area contributed by atoms with Gasteiger partial charge in [-0.05, 0) is 49.1 Å². The van der Waals surface area contributed by atoms with Gasteiger partial charge in [-0.1, -0.05) is 48.6 Å². The molecular formula is C26H27ClN4O5S2. The molecule has 9 nitrogen and oxygen atoms in total. The van der Waals surface area contributed by atoms with Crippen molar-refractivity contribution >= 4 is 48.6 Å². The number of sulfonamides is 2. The van der Waals surface area contributed by atoms with Crippen molar-refractivity contribution in [3.63, 3.8) is 0 Å². The van der Waals surface area contributed by atoms with Gasteiger partial charge in [0.2, 0.25) is 26.0 Å². The molecule has 0 radical (unpaired) electrons. The number of nitrogens with zero attached hydrogens (tertiary/aromatic N) is 1. The molecule has 1 aromatic heterocycles. The molecule has 1 fully saturated rings. The van der Waals surface area contributed by atoms with Crippen LogP contribution in [0.5, 0.6) is 0 Å². The summed E-state index contributed by atoms with van der Waals surface area (Å²) in [5.41, 5.74) is 3.76. The lowest BCUT2D eigenvalue weighted by Crippen LogP contribution is -2.34. The van der Waals surface area contributed by atoms with Crippen LogP contribution < -0.4 is 9.44 Å². The Kier molecular flexibility index (Phi) is 6.75. The van der Waals surface area contributed by atoms with E-state index in [9.17, 15) is 21.6 Å². The summed E-state index contributed by atoms with van der Waals surface area (Å²) in [5, 5.41) is -0.951. The number of hydrogen-bond acceptors (Lipinski definition) is 6. The molecule has 5 rings (SSSR count). The zero-order valence-corrected chi connectivity index (χ0v) is 23.1. The van der Waals surface area contributed by atoms with Crippen LogP contribution in [0, 0.1) is 6.92 Å². The summed E-state index contributed by atoms with van der Waals surface area (Å²) in [4.78, 5) is 18.9. The van der Waals surface area contributed by atoms with Gasteiger partial charge in [-0.15, -0.1) is 11.6 Å². The monoisotopic (exact) mass is 574 g/mol. The Bertz CT molecular complexity index is 1690. The number of H-pyrrole nitrogens is 1. The van der Waals surface area contributed by atoms with Gasteiger partial charge in [-0.25, -0.2) is 26.5 Å². The van der Waals surface area contributed by atoms with Crippen molar-refractivity contribution in [1.82, 2.24) is 19.4 Å². The number of hydrogen-bond donors (Lipinski definition) is 3. The molecule has 38 heavy (non-hydrogen) atoms. The fourth-order valence-corrected chi connectivity index (χ4v) is 7.96. The molecule has 0 saturated carbocycles. The third-order valence-electron chi connectivity index (χ3n) is 6.76. The Balaban J connectivity index is 1.47. The van der Waals surface area contributed by atoms with Gasteiger partial charge in [-0.2, -0.15) is 0 Å². The maximum atomic E-state index is 13.4. The van der Waals surface area contributed by atoms with Crippen molar-refractivity contribution in [2.24, 2.45) is 0 Å². The quantitative estimate of drug-likeness (QED) is 0.367. The van der Waals surface area contributed by atoms with Crippen LogP contribution in [-0.2, 0) is 31.3 Å². The van der Waals surface area contributed by atoms with E-state index in [4.69, 9.17) is 11.6 Å². The summed E-state index contributed by atoms with van der Waals surface area (Å²) in [6.45, 7) is 3.70. The Hall–Kier alpha value is -2.99. The lowest BCUT2D eigenvalue weighted by molar-refractivity contribution is -0.118. The van der Waals surface area contributed by atoms with E-state index < -0.39 is 42.1 Å². The van der Waals surface area contributed by atoms with Gasteiger partial charge in [-0.3, -0.25) is 9.52 Å². The third-order valence-corrected chi connectivity index (χ3v) is 10.3. The van der Waals surface area contributed by atoms with E-state index in [1.54, 1.807) is 49.4 Å². The summed E-state index contributed by atoms with van der Waals surface area (Å²) < 4.78 is 56.2. The first-order chi connectivity index (χ1) is 17.8. The van der Waals surface area contributed by atoms with Crippen LogP contribution in [0.2, 0.25) is 0 Å². The maximum absolute atomic E-state index is 13.4. The van der Waals surface area contributed by atoms with Crippen LogP contribution in [-0.4, -0.2) is 37.6 Å². The zero-order chi connectivity index (χ0) is 27.3. The van der Waals surface area contributed by atoms with Gasteiger partial charge >= 0.3 is 0 Å². The minimum absolute atomic E-state index is 0.133. The fraction of sp³-hybridized carbons (Fsp3) is 0.308. The highest BCUT2D eigenvalue weighted by molar-refractivity contribution is 7.93. The highest BCUT2D eigenvalue weighted by Crippen LogP contribution is 2.33. The number of nitrogens with one attached hydrogen (secondary N) is 3. The van der Waals surface area contributed by atoms with E-state index >= 15 is 0 Å². The van der Waals surface area contributed by atoms with Gasteiger partial charge in [0.15, 0.2) is 0 Å². The second kappa shape index (κ2) is 9.64. The molecule has 1 saturated heterocycles. The van der Waals surface area contributed by atoms with E-state index in [0.29, 0.717) is 11.4 Å². The molecule has 3 aromatic rings. The number of aromatic amines is 1. The van der Waals surface area contributed by atoms with E-state index in [0.717, 1.165) is 22.2 Å². The molecule has 2 unspecified atom stereocenters. The van der Waals surface area contributed by atoms with Crippen molar-refractivity contribution in [2.45, 2.75) is 49.3 Å². The van der Waals surface area contributed by atoms with Crippen LogP contribution in [0.4, 0.5) is 0 Å². The summed E-state index contributed by atoms with van der Waals surface area (Å²) in [6, 6.07) is 11.7. The zero-order valence-electron chi connectivity index (χ0n) is 20.7. The number of aromatic nitrogens is 2. The Morgan fingerprint density at radius 2 is 1.95 bits per heavy atom. The predicted octanol–water partition coefficient (Wildman–Crippen LogP) is 3.81. The minimum atomic E-state index is -3.92. The summed E-state index contributed by atoms with van der Waals surface area (Å²) in [7, 11) is -7.68. The molecule has 2 heterocycles. The van der Waals surface area contributed by atoms with Crippen LogP contribution in [0.1, 0.15) is 53.6 Å². The van der Waals surface area contributed by atoms with Crippen molar-refractivity contribution in [1.29, 1.82) is 0 Å². The molecule has 3 N–H and O–H groups in total. The molecule has 1 aliphatic heterocycles. The van der Waals surface area contributed by atoms with Crippen molar-refractivity contribution < 1.29 is 21.6 Å². The molecule has 0 spiro atoms. The van der Waals surface area contributed by atoms with Crippen LogP contribution in [0.3, 0.4) is 0 Å². The molecule has 200 valence electrons. The number of benzene rings is 2. The third kappa shape index (κ3) is 5.42. The number of para-hydroxylation sites is 1. The summed E-state index contributed by atoms with van der Waals surface area (Å²) in [6.07, 6.45) is 5.18. The molecule has 2 aromatic carbocycles. The van der Waals surface area contributed by atoms with E-state index in [-0.39, 0.29) is 24.2 Å². The number of fused-ring (bicyclic) bond motifs is 1. The van der Waals surface area contributed by atoms with Crippen LogP contribution >= 0.6 is 11.6 Å². The molecule has 0 bridgehead atoms. The second-order valence-electron chi connectivity index (χ2n) is 9.92. The number of carbonyl (C=O) groups excluding carboxylic acids is 1. The average Bonchev–Trinajstić information content (AvgIpc) is 3.39. The normalized spacial score (nSPS) is 23.8. The lowest BCUT2D eigenvalue weighted by Gasteiger charge is -2.24. The predicted molar refractivity (Wildman–Crippen MR) is 146 cm³/mol. The maximum Gasteiger partial charge on any atom is 0.242 e. The second-order valence-corrected chi connectivity index (χ2v) is 14.4. The largest absolute Gasteiger partial charge is 0.340 e. The Labute approximate surface area is 226 Å². The van der Waals surface area contributed by atoms with Crippen molar-refractivity contribution in [2.75, 3.05) is 0 Å². The fourth-order valence-electron chi connectivity index (χ4n) is 4.77. The molecule has 3 atom stereocenters. The highest BCUT2D eigenvalue weighted by atomic mass is 35.5. The topological polar surface area (TPSA) is 138 Å². The van der Waals surface area contributed by atoms with E-state index in [2.05, 4.69) is 14.7 Å². The highest BCUT2D eigenvalue weighted by Gasteiger charge is 2.38. The first kappa shape index (κ1) is 26.6. The Morgan fingerprint density at radius 1 is 1.21 bits per heavy atom. The van der Waals surface area contributed by atoms with Gasteiger partial charge in [0.05, 0.1) is 33.3 Å². The molecule has 1 amide bonds. The molecular weight excluding hydrogens is 548 g/mol. The number of allylic oxidation sites excluding steroid dienone is 4. The minimum Gasteiger partial charge on any atom is -0.340 e. The first-order valence-corrected chi connectivity index (χ1v) is 15.4. The number of alkyl halides is 1. The van der Waals surface area contributed by atoms with Crippen molar-refractivity contribution in [3.8, 4) is 0 Å². The van der Waals surface area contributed by atoms with E-state index in [1.165, 1.54) is 0 Å². The standard InChI is InChI=1S/C26H27ClN4O5S2/c1-16-5-3-7-20-24(16)29-25(28-20)21(30-37(33,34)19-6-4-12-26(2,27)15-19)13-17-8-10-18(11-9-17)22-14-23(32)31-38(22,35)36/h3-12,21-22,30H,13-15H2,1-2H3,(H,28,29)(H,31,32)/t21-,22?,26?/m0/s1. The number of amides is 1. The number of rotatable bonds is 7. The SMILES string of the molecule is Cc1cccc2nc([C@H](Cc3ccc(C4CC(=O)NS4(=O)=O)cc3)NS(=O)(=O)C3=CC=CC(C)(Cl)C3)[nH]c12. The average molecular weight is 575 g/mol. The van der Waals surface area contributed by atoms with Crippen LogP contribution in [0.25, 0.3) is 11.0 Å². The summed E-state index contributed by atoms with van der Waals surface area (Å²) in [5.74, 6) is -0.0793. The van der Waals surface area contributed by atoms with Gasteiger partial charge in [0.25, 0.3) is 0 Å². The number of halogens is 1. The lowest BCUT2D eigenvalue weighted by atomic mass is 10.0. The summed E-state index contributed by atoms with van der Waals surface area (Å²) >= 11 is 6.42. The number of aryl methyl sites for hydroxylation is 1. The Morgan fingerprint density at radius 3 is 2.58 bits per heavy atom. The molecule has 2 aliphatic rings. The molecule has 1 aliphatic carbocycles. The van der Waals surface area contributed by atoms with Gasteiger partial charge in [0.1, 0.15) is 11.1 Å². The number of carbonyl (C=O) groups is 1. The first-order valence-electron chi connectivity index (χ1n) is 12.0. The van der Waals surface area contributed by atoms with Crippen molar-refractivity contribution in [3.05, 3.63) is 88.1 Å². The van der Waals surface area contributed by atoms with Gasteiger partial charge in [0, 0.05) is 6.42 Å².